The number of rotatable bonds is 3. The molecular weight excluding hydrogens is 318 g/mol. The molecular formula is C18H13N5O2. The van der Waals surface area contributed by atoms with E-state index in [1.54, 1.807) is 18.5 Å². The maximum atomic E-state index is 11.7. The van der Waals surface area contributed by atoms with Crippen LogP contribution < -0.4 is 5.73 Å². The topological polar surface area (TPSA) is 108 Å². The molecule has 7 nitrogen and oxygen atoms in total. The van der Waals surface area contributed by atoms with Crippen molar-refractivity contribution in [2.45, 2.75) is 6.42 Å². The van der Waals surface area contributed by atoms with E-state index >= 15 is 0 Å². The van der Waals surface area contributed by atoms with Gasteiger partial charge in [0.05, 0.1) is 10.3 Å². The molecule has 2 N–H and O–H groups in total. The van der Waals surface area contributed by atoms with Gasteiger partial charge < -0.3 is 5.73 Å². The van der Waals surface area contributed by atoms with Gasteiger partial charge >= 0.3 is 5.69 Å². The van der Waals surface area contributed by atoms with Crippen molar-refractivity contribution in [1.82, 2.24) is 15.0 Å². The number of nitrogen functional groups attached to an aromatic ring is 1. The van der Waals surface area contributed by atoms with E-state index in [9.17, 15) is 10.1 Å². The van der Waals surface area contributed by atoms with Crippen LogP contribution in [0.1, 0.15) is 11.1 Å². The zero-order chi connectivity index (χ0) is 17.4. The third-order valence-electron chi connectivity index (χ3n) is 4.16. The Morgan fingerprint density at radius 3 is 2.60 bits per heavy atom. The highest BCUT2D eigenvalue weighted by molar-refractivity contribution is 6.09. The molecule has 0 aliphatic rings. The number of hydrogen-bond donors (Lipinski definition) is 1. The van der Waals surface area contributed by atoms with Crippen LogP contribution in [0.25, 0.3) is 21.7 Å². The molecule has 7 heteroatoms. The highest BCUT2D eigenvalue weighted by Gasteiger charge is 2.23. The Morgan fingerprint density at radius 2 is 1.84 bits per heavy atom. The lowest BCUT2D eigenvalue weighted by atomic mass is 9.95. The van der Waals surface area contributed by atoms with Gasteiger partial charge in [-0.15, -0.1) is 0 Å². The Labute approximate surface area is 142 Å². The number of nitro groups is 1. The summed E-state index contributed by atoms with van der Waals surface area (Å²) in [5.41, 5.74) is 7.84. The van der Waals surface area contributed by atoms with E-state index in [1.165, 1.54) is 6.20 Å². The van der Waals surface area contributed by atoms with E-state index in [0.717, 1.165) is 16.5 Å². The number of benzene rings is 2. The Morgan fingerprint density at radius 1 is 1.04 bits per heavy atom. The first kappa shape index (κ1) is 14.9. The van der Waals surface area contributed by atoms with Gasteiger partial charge in [-0.25, -0.2) is 9.97 Å². The van der Waals surface area contributed by atoms with Crippen LogP contribution in [0.15, 0.2) is 55.0 Å². The standard InChI is InChI=1S/C18H13N5O2/c19-18-21-10-15-13(8-11-4-2-1-3-5-11)14-9-20-7-6-12(14)17(23(24)25)16(15)22-18/h1-7,9-10H,8H2,(H2,19,21,22). The van der Waals surface area contributed by atoms with Crippen LogP contribution >= 0.6 is 0 Å². The van der Waals surface area contributed by atoms with Gasteiger partial charge in [-0.3, -0.25) is 15.1 Å². The van der Waals surface area contributed by atoms with Crippen molar-refractivity contribution in [3.8, 4) is 0 Å². The Balaban J connectivity index is 2.13. The highest BCUT2D eigenvalue weighted by Crippen LogP contribution is 2.37. The van der Waals surface area contributed by atoms with Crippen LogP contribution in [0.5, 0.6) is 0 Å². The molecule has 0 aliphatic heterocycles. The lowest BCUT2D eigenvalue weighted by Gasteiger charge is -2.12. The first-order valence-corrected chi connectivity index (χ1v) is 7.64. The molecule has 0 radical (unpaired) electrons. The number of pyridine rings is 1. The number of aromatic nitrogens is 3. The van der Waals surface area contributed by atoms with Gasteiger partial charge in [0.2, 0.25) is 5.95 Å². The minimum Gasteiger partial charge on any atom is -0.368 e. The van der Waals surface area contributed by atoms with Crippen LogP contribution in [0, 0.1) is 10.1 Å². The van der Waals surface area contributed by atoms with Gasteiger partial charge in [0.25, 0.3) is 0 Å². The molecule has 0 fully saturated rings. The lowest BCUT2D eigenvalue weighted by Crippen LogP contribution is -2.02. The molecule has 2 aromatic carbocycles. The summed E-state index contributed by atoms with van der Waals surface area (Å²) >= 11 is 0. The second-order valence-electron chi connectivity index (χ2n) is 5.66. The largest absolute Gasteiger partial charge is 0.368 e. The van der Waals surface area contributed by atoms with Gasteiger partial charge in [0.1, 0.15) is 0 Å². The fourth-order valence-electron chi connectivity index (χ4n) is 3.09. The number of non-ortho nitro benzene ring substituents is 1. The van der Waals surface area contributed by atoms with Crippen LogP contribution in [0.3, 0.4) is 0 Å². The molecule has 0 saturated heterocycles. The first-order valence-electron chi connectivity index (χ1n) is 7.64. The number of hydrogen-bond acceptors (Lipinski definition) is 6. The fraction of sp³-hybridized carbons (Fsp3) is 0.0556. The molecule has 4 aromatic rings. The molecule has 2 aromatic heterocycles. The zero-order valence-corrected chi connectivity index (χ0v) is 13.1. The van der Waals surface area contributed by atoms with E-state index in [0.29, 0.717) is 17.2 Å². The van der Waals surface area contributed by atoms with Gasteiger partial charge in [-0.1, -0.05) is 30.3 Å². The van der Waals surface area contributed by atoms with Gasteiger partial charge in [-0.05, 0) is 23.6 Å². The van der Waals surface area contributed by atoms with Crippen molar-refractivity contribution < 1.29 is 4.92 Å². The van der Waals surface area contributed by atoms with Gasteiger partial charge in [0, 0.05) is 29.4 Å². The fourth-order valence-corrected chi connectivity index (χ4v) is 3.09. The van der Waals surface area contributed by atoms with E-state index in [-0.39, 0.29) is 17.2 Å². The van der Waals surface area contributed by atoms with Crippen molar-refractivity contribution in [3.63, 3.8) is 0 Å². The second-order valence-corrected chi connectivity index (χ2v) is 5.66. The maximum absolute atomic E-state index is 11.7. The summed E-state index contributed by atoms with van der Waals surface area (Å²) in [4.78, 5) is 23.6. The molecule has 0 amide bonds. The van der Waals surface area contributed by atoms with Crippen LogP contribution in [0.4, 0.5) is 11.6 Å². The molecule has 122 valence electrons. The van der Waals surface area contributed by atoms with E-state index in [4.69, 9.17) is 5.73 Å². The van der Waals surface area contributed by atoms with Crippen molar-refractivity contribution >= 4 is 33.3 Å². The molecule has 0 saturated carbocycles. The van der Waals surface area contributed by atoms with Crippen molar-refractivity contribution in [2.24, 2.45) is 0 Å². The van der Waals surface area contributed by atoms with Gasteiger partial charge in [-0.2, -0.15) is 0 Å². The normalized spacial score (nSPS) is 11.0. The molecule has 25 heavy (non-hydrogen) atoms. The van der Waals surface area contributed by atoms with Crippen molar-refractivity contribution in [2.75, 3.05) is 5.73 Å². The van der Waals surface area contributed by atoms with Crippen molar-refractivity contribution in [3.05, 3.63) is 76.2 Å². The predicted octanol–water partition coefficient (Wildman–Crippen LogP) is 3.26. The Hall–Kier alpha value is -3.61. The average molecular weight is 331 g/mol. The summed E-state index contributed by atoms with van der Waals surface area (Å²) in [5, 5.41) is 13.5. The number of fused-ring (bicyclic) bond motifs is 2. The van der Waals surface area contributed by atoms with E-state index in [1.807, 2.05) is 30.3 Å². The summed E-state index contributed by atoms with van der Waals surface area (Å²) in [6.45, 7) is 0. The summed E-state index contributed by atoms with van der Waals surface area (Å²) in [6.07, 6.45) is 5.33. The van der Waals surface area contributed by atoms with E-state index < -0.39 is 4.92 Å². The highest BCUT2D eigenvalue weighted by atomic mass is 16.6. The first-order chi connectivity index (χ1) is 12.1. The van der Waals surface area contributed by atoms with Crippen LogP contribution in [-0.2, 0) is 6.42 Å². The predicted molar refractivity (Wildman–Crippen MR) is 95.2 cm³/mol. The minimum absolute atomic E-state index is 0.00895. The molecule has 0 bridgehead atoms. The van der Waals surface area contributed by atoms with Crippen LogP contribution in [0.2, 0.25) is 0 Å². The molecule has 0 atom stereocenters. The summed E-state index contributed by atoms with van der Waals surface area (Å²) in [5.74, 6) is 0.00895. The molecule has 4 rings (SSSR count). The summed E-state index contributed by atoms with van der Waals surface area (Å²) < 4.78 is 0. The monoisotopic (exact) mass is 331 g/mol. The third-order valence-corrected chi connectivity index (χ3v) is 4.16. The lowest BCUT2D eigenvalue weighted by molar-refractivity contribution is -0.381. The summed E-state index contributed by atoms with van der Waals surface area (Å²) in [7, 11) is 0. The number of nitrogens with two attached hydrogens (primary N) is 1. The summed E-state index contributed by atoms with van der Waals surface area (Å²) in [6, 6.07) is 11.5. The molecule has 0 aliphatic carbocycles. The van der Waals surface area contributed by atoms with Crippen LogP contribution in [-0.4, -0.2) is 19.9 Å². The Kier molecular flexibility index (Phi) is 3.46. The minimum atomic E-state index is -0.427. The SMILES string of the molecule is Nc1ncc2c(Cc3ccccc3)c3cnccc3c([N+](=O)[O-])c2n1. The smallest absolute Gasteiger partial charge is 0.303 e. The quantitative estimate of drug-likeness (QED) is 0.351. The number of anilines is 1. The second kappa shape index (κ2) is 5.79. The molecule has 2 heterocycles. The Bertz CT molecular complexity index is 1110. The maximum Gasteiger partial charge on any atom is 0.303 e. The zero-order valence-electron chi connectivity index (χ0n) is 13.1. The molecule has 0 unspecified atom stereocenters. The number of nitrogens with zero attached hydrogens (tertiary/aromatic N) is 4. The number of nitro benzene ring substituents is 1. The average Bonchev–Trinajstić information content (AvgIpc) is 2.62. The molecule has 0 spiro atoms. The van der Waals surface area contributed by atoms with Crippen molar-refractivity contribution in [1.29, 1.82) is 0 Å². The van der Waals surface area contributed by atoms with Gasteiger partial charge in [0.15, 0.2) is 5.52 Å². The third kappa shape index (κ3) is 2.51. The van der Waals surface area contributed by atoms with E-state index in [2.05, 4.69) is 15.0 Å².